The molecule has 106 valence electrons. The number of nitrogens with one attached hydrogen (secondary N) is 1. The molecule has 19 heavy (non-hydrogen) atoms. The molecular formula is C11H18N4O3S. The number of nitrogens with zero attached hydrogens (tertiary/aromatic N) is 1. The lowest BCUT2D eigenvalue weighted by molar-refractivity contribution is 0.0956. The summed E-state index contributed by atoms with van der Waals surface area (Å²) in [4.78, 5) is 15.9. The van der Waals surface area contributed by atoms with Crippen molar-refractivity contribution in [3.63, 3.8) is 0 Å². The maximum Gasteiger partial charge on any atom is 0.251 e. The Labute approximate surface area is 112 Å². The molecule has 1 aromatic heterocycles. The molecule has 7 nitrogen and oxygen atoms in total. The van der Waals surface area contributed by atoms with Crippen molar-refractivity contribution < 1.29 is 13.2 Å². The number of amides is 1. The molecule has 0 bridgehead atoms. The molecule has 0 saturated carbocycles. The third kappa shape index (κ3) is 5.23. The van der Waals surface area contributed by atoms with Crippen LogP contribution in [0.5, 0.6) is 0 Å². The number of anilines is 1. The summed E-state index contributed by atoms with van der Waals surface area (Å²) in [7, 11) is -3.58. The van der Waals surface area contributed by atoms with E-state index >= 15 is 0 Å². The summed E-state index contributed by atoms with van der Waals surface area (Å²) in [5, 5.41) is 7.31. The van der Waals surface area contributed by atoms with Gasteiger partial charge in [0.25, 0.3) is 5.91 Å². The van der Waals surface area contributed by atoms with E-state index < -0.39 is 15.9 Å². The standard InChI is InChI=1S/C11H18N4O3S/c1-7(2)9-5-8(6-10(12)15-9)11(16)14-3-4-19(13,17)18/h5-7H,3-4H2,1-2H3,(H2,12,15)(H,14,16)(H2,13,17,18). The topological polar surface area (TPSA) is 128 Å². The molecule has 5 N–H and O–H groups in total. The van der Waals surface area contributed by atoms with Crippen LogP contribution in [0.2, 0.25) is 0 Å². The zero-order valence-corrected chi connectivity index (χ0v) is 11.7. The van der Waals surface area contributed by atoms with Crippen LogP contribution in [0.3, 0.4) is 0 Å². The van der Waals surface area contributed by atoms with E-state index in [2.05, 4.69) is 10.3 Å². The molecule has 1 amide bonds. The monoisotopic (exact) mass is 286 g/mol. The number of nitrogens with two attached hydrogens (primary N) is 2. The predicted octanol–water partition coefficient (Wildman–Crippen LogP) is -0.194. The minimum atomic E-state index is -3.58. The first-order valence-corrected chi connectivity index (χ1v) is 7.46. The molecule has 0 aliphatic heterocycles. The number of carbonyl (C=O) groups is 1. The number of aromatic nitrogens is 1. The van der Waals surface area contributed by atoms with Gasteiger partial charge in [-0.05, 0) is 18.1 Å². The van der Waals surface area contributed by atoms with Crippen molar-refractivity contribution in [2.24, 2.45) is 5.14 Å². The summed E-state index contributed by atoms with van der Waals surface area (Å²) in [6.07, 6.45) is 0. The van der Waals surface area contributed by atoms with Gasteiger partial charge in [-0.3, -0.25) is 4.79 Å². The second-order valence-corrected chi connectivity index (χ2v) is 6.22. The van der Waals surface area contributed by atoms with Crippen LogP contribution in [-0.4, -0.2) is 31.6 Å². The smallest absolute Gasteiger partial charge is 0.251 e. The minimum Gasteiger partial charge on any atom is -0.384 e. The highest BCUT2D eigenvalue weighted by atomic mass is 32.2. The highest BCUT2D eigenvalue weighted by Gasteiger charge is 2.11. The van der Waals surface area contributed by atoms with E-state index in [0.29, 0.717) is 11.3 Å². The summed E-state index contributed by atoms with van der Waals surface area (Å²) in [5.41, 5.74) is 6.68. The van der Waals surface area contributed by atoms with E-state index in [0.717, 1.165) is 0 Å². The maximum atomic E-state index is 11.8. The van der Waals surface area contributed by atoms with Crippen LogP contribution < -0.4 is 16.2 Å². The fraction of sp³-hybridized carbons (Fsp3) is 0.455. The highest BCUT2D eigenvalue weighted by molar-refractivity contribution is 7.89. The minimum absolute atomic E-state index is 0.0447. The van der Waals surface area contributed by atoms with Crippen molar-refractivity contribution in [1.29, 1.82) is 0 Å². The van der Waals surface area contributed by atoms with Crippen molar-refractivity contribution >= 4 is 21.7 Å². The number of nitrogen functional groups attached to an aromatic ring is 1. The summed E-state index contributed by atoms with van der Waals surface area (Å²) in [6, 6.07) is 3.07. The van der Waals surface area contributed by atoms with Gasteiger partial charge < -0.3 is 11.1 Å². The molecule has 1 heterocycles. The van der Waals surface area contributed by atoms with E-state index in [1.807, 2.05) is 13.8 Å². The Morgan fingerprint density at radius 1 is 1.42 bits per heavy atom. The maximum absolute atomic E-state index is 11.8. The lowest BCUT2D eigenvalue weighted by Crippen LogP contribution is -2.31. The third-order valence-corrected chi connectivity index (χ3v) is 3.16. The van der Waals surface area contributed by atoms with Gasteiger partial charge in [0.15, 0.2) is 0 Å². The van der Waals surface area contributed by atoms with Crippen LogP contribution in [0.25, 0.3) is 0 Å². The van der Waals surface area contributed by atoms with Gasteiger partial charge >= 0.3 is 0 Å². The van der Waals surface area contributed by atoms with Gasteiger partial charge in [0.05, 0.1) is 5.75 Å². The van der Waals surface area contributed by atoms with Crippen molar-refractivity contribution in [2.45, 2.75) is 19.8 Å². The zero-order valence-electron chi connectivity index (χ0n) is 10.9. The number of sulfonamides is 1. The highest BCUT2D eigenvalue weighted by Crippen LogP contribution is 2.15. The van der Waals surface area contributed by atoms with Gasteiger partial charge in [0.2, 0.25) is 10.0 Å². The van der Waals surface area contributed by atoms with E-state index in [-0.39, 0.29) is 24.0 Å². The van der Waals surface area contributed by atoms with E-state index in [4.69, 9.17) is 10.9 Å². The summed E-state index contributed by atoms with van der Waals surface area (Å²) in [6.45, 7) is 3.83. The van der Waals surface area contributed by atoms with Crippen LogP contribution in [0.15, 0.2) is 12.1 Å². The Kier molecular flexibility index (Phi) is 4.84. The molecule has 0 saturated heterocycles. The normalized spacial score (nSPS) is 11.6. The number of primary sulfonamides is 1. The first kappa shape index (κ1) is 15.4. The Morgan fingerprint density at radius 2 is 2.05 bits per heavy atom. The lowest BCUT2D eigenvalue weighted by Gasteiger charge is -2.09. The van der Waals surface area contributed by atoms with E-state index in [1.165, 1.54) is 6.07 Å². The molecule has 1 aromatic rings. The Hall–Kier alpha value is -1.67. The van der Waals surface area contributed by atoms with Gasteiger partial charge in [-0.2, -0.15) is 0 Å². The van der Waals surface area contributed by atoms with Crippen LogP contribution >= 0.6 is 0 Å². The number of carbonyl (C=O) groups excluding carboxylic acids is 1. The number of hydrogen-bond acceptors (Lipinski definition) is 5. The summed E-state index contributed by atoms with van der Waals surface area (Å²) in [5.74, 6) is -0.321. The largest absolute Gasteiger partial charge is 0.384 e. The zero-order chi connectivity index (χ0) is 14.6. The third-order valence-electron chi connectivity index (χ3n) is 2.39. The van der Waals surface area contributed by atoms with Gasteiger partial charge in [-0.1, -0.05) is 13.8 Å². The quantitative estimate of drug-likeness (QED) is 0.690. The molecule has 0 spiro atoms. The molecule has 8 heteroatoms. The molecule has 0 fully saturated rings. The van der Waals surface area contributed by atoms with Gasteiger partial charge in [-0.15, -0.1) is 0 Å². The first-order chi connectivity index (χ1) is 8.69. The number of hydrogen-bond donors (Lipinski definition) is 3. The van der Waals surface area contributed by atoms with Gasteiger partial charge in [-0.25, -0.2) is 18.5 Å². The fourth-order valence-corrected chi connectivity index (χ4v) is 1.80. The molecule has 0 unspecified atom stereocenters. The van der Waals surface area contributed by atoms with Crippen molar-refractivity contribution in [2.75, 3.05) is 18.0 Å². The Bertz CT molecular complexity index is 569. The molecule has 0 aromatic carbocycles. The molecule has 0 aliphatic carbocycles. The number of rotatable bonds is 5. The SMILES string of the molecule is CC(C)c1cc(C(=O)NCCS(N)(=O)=O)cc(N)n1. The van der Waals surface area contributed by atoms with Crippen molar-refractivity contribution in [3.8, 4) is 0 Å². The van der Waals surface area contributed by atoms with Crippen LogP contribution in [0.1, 0.15) is 35.8 Å². The average Bonchev–Trinajstić information content (AvgIpc) is 2.26. The van der Waals surface area contributed by atoms with Crippen LogP contribution in [0, 0.1) is 0 Å². The average molecular weight is 286 g/mol. The second-order valence-electron chi connectivity index (χ2n) is 4.48. The van der Waals surface area contributed by atoms with Crippen molar-refractivity contribution in [1.82, 2.24) is 10.3 Å². The van der Waals surface area contributed by atoms with Gasteiger partial charge in [0, 0.05) is 17.8 Å². The van der Waals surface area contributed by atoms with Gasteiger partial charge in [0.1, 0.15) is 5.82 Å². The summed E-state index contributed by atoms with van der Waals surface area (Å²) >= 11 is 0. The molecule has 0 aliphatic rings. The Balaban J connectivity index is 2.77. The lowest BCUT2D eigenvalue weighted by atomic mass is 10.1. The molecule has 0 radical (unpaired) electrons. The predicted molar refractivity (Wildman–Crippen MR) is 73.0 cm³/mol. The second kappa shape index (κ2) is 5.98. The Morgan fingerprint density at radius 3 is 2.58 bits per heavy atom. The number of pyridine rings is 1. The molecular weight excluding hydrogens is 268 g/mol. The summed E-state index contributed by atoms with van der Waals surface area (Å²) < 4.78 is 21.5. The van der Waals surface area contributed by atoms with Crippen LogP contribution in [-0.2, 0) is 10.0 Å². The molecule has 1 rings (SSSR count). The molecule has 0 atom stereocenters. The fourth-order valence-electron chi connectivity index (χ4n) is 1.41. The van der Waals surface area contributed by atoms with E-state index in [9.17, 15) is 13.2 Å². The van der Waals surface area contributed by atoms with Crippen molar-refractivity contribution in [3.05, 3.63) is 23.4 Å². The first-order valence-electron chi connectivity index (χ1n) is 5.75. The van der Waals surface area contributed by atoms with Crippen LogP contribution in [0.4, 0.5) is 5.82 Å². The van der Waals surface area contributed by atoms with E-state index in [1.54, 1.807) is 6.07 Å².